The first kappa shape index (κ1) is 19.8. The molecule has 2 aromatic carbocycles. The van der Waals surface area contributed by atoms with Crippen LogP contribution in [0, 0.1) is 0 Å². The standard InChI is InChI=1S/C22H24BrNO3/c23-19-10-11-21-18(13-19)14-24(22(21)26)12-6-2-5-9-20(25)16-27-15-17-7-3-1-4-8-17/h1,3-4,7-8,10-11,13H,2,5-6,9,12,14-16H2. The fraction of sp³-hybridized carbons (Fsp3) is 0.364. The second kappa shape index (κ2) is 9.81. The molecule has 0 aliphatic carbocycles. The van der Waals surface area contributed by atoms with Gasteiger partial charge < -0.3 is 9.64 Å². The van der Waals surface area contributed by atoms with E-state index in [1.165, 1.54) is 0 Å². The summed E-state index contributed by atoms with van der Waals surface area (Å²) in [6, 6.07) is 15.7. The minimum atomic E-state index is 0.114. The first-order valence-corrected chi connectivity index (χ1v) is 10.1. The van der Waals surface area contributed by atoms with Gasteiger partial charge in [-0.2, -0.15) is 0 Å². The summed E-state index contributed by atoms with van der Waals surface area (Å²) in [6.07, 6.45) is 3.23. The maximum Gasteiger partial charge on any atom is 0.254 e. The van der Waals surface area contributed by atoms with E-state index in [1.54, 1.807) is 0 Å². The number of hydrogen-bond donors (Lipinski definition) is 0. The highest BCUT2D eigenvalue weighted by Gasteiger charge is 2.26. The van der Waals surface area contributed by atoms with Crippen molar-refractivity contribution >= 4 is 27.6 Å². The zero-order valence-corrected chi connectivity index (χ0v) is 16.9. The number of benzene rings is 2. The van der Waals surface area contributed by atoms with Gasteiger partial charge in [-0.25, -0.2) is 0 Å². The van der Waals surface area contributed by atoms with Gasteiger partial charge >= 0.3 is 0 Å². The molecule has 2 aromatic rings. The van der Waals surface area contributed by atoms with E-state index in [4.69, 9.17) is 4.74 Å². The molecule has 1 heterocycles. The molecule has 3 rings (SSSR count). The Bertz CT molecular complexity index is 791. The highest BCUT2D eigenvalue weighted by molar-refractivity contribution is 9.10. The molecule has 5 heteroatoms. The van der Waals surface area contributed by atoms with Gasteiger partial charge in [-0.15, -0.1) is 0 Å². The van der Waals surface area contributed by atoms with Gasteiger partial charge in [0.2, 0.25) is 0 Å². The van der Waals surface area contributed by atoms with E-state index >= 15 is 0 Å². The molecule has 4 nitrogen and oxygen atoms in total. The molecule has 0 radical (unpaired) electrons. The maximum atomic E-state index is 12.4. The van der Waals surface area contributed by atoms with Crippen LogP contribution in [0.4, 0.5) is 0 Å². The van der Waals surface area contributed by atoms with Gasteiger partial charge in [-0.3, -0.25) is 9.59 Å². The molecule has 1 aliphatic heterocycles. The molecule has 0 unspecified atom stereocenters. The fourth-order valence-electron chi connectivity index (χ4n) is 3.26. The Morgan fingerprint density at radius 2 is 1.89 bits per heavy atom. The van der Waals surface area contributed by atoms with Crippen molar-refractivity contribution in [2.45, 2.75) is 38.8 Å². The molecule has 1 amide bonds. The van der Waals surface area contributed by atoms with Crippen LogP contribution in [0.5, 0.6) is 0 Å². The van der Waals surface area contributed by atoms with Gasteiger partial charge in [0.1, 0.15) is 6.61 Å². The predicted molar refractivity (Wildman–Crippen MR) is 108 cm³/mol. The predicted octanol–water partition coefficient (Wildman–Crippen LogP) is 4.75. The lowest BCUT2D eigenvalue weighted by Crippen LogP contribution is -2.24. The molecule has 0 saturated carbocycles. The second-order valence-electron chi connectivity index (χ2n) is 6.86. The van der Waals surface area contributed by atoms with Crippen LogP contribution in [0.3, 0.4) is 0 Å². The van der Waals surface area contributed by atoms with E-state index in [-0.39, 0.29) is 18.3 Å². The number of ketones is 1. The summed E-state index contributed by atoms with van der Waals surface area (Å²) in [6.45, 7) is 2.06. The number of Topliss-reactive ketones (excluding diaryl/α,β-unsaturated/α-hetero) is 1. The quantitative estimate of drug-likeness (QED) is 0.511. The Morgan fingerprint density at radius 1 is 1.07 bits per heavy atom. The van der Waals surface area contributed by atoms with Crippen molar-refractivity contribution in [2.24, 2.45) is 0 Å². The lowest BCUT2D eigenvalue weighted by molar-refractivity contribution is -0.124. The molecule has 0 atom stereocenters. The third kappa shape index (κ3) is 5.75. The average Bonchev–Trinajstić information content (AvgIpc) is 2.97. The third-order valence-electron chi connectivity index (χ3n) is 4.70. The Labute approximate surface area is 168 Å². The molecule has 0 saturated heterocycles. The number of halogens is 1. The minimum Gasteiger partial charge on any atom is -0.369 e. The Balaban J connectivity index is 1.27. The normalized spacial score (nSPS) is 13.1. The van der Waals surface area contributed by atoms with E-state index in [9.17, 15) is 9.59 Å². The Kier molecular flexibility index (Phi) is 7.18. The topological polar surface area (TPSA) is 46.6 Å². The van der Waals surface area contributed by atoms with E-state index in [0.717, 1.165) is 47.0 Å². The highest BCUT2D eigenvalue weighted by Crippen LogP contribution is 2.26. The average molecular weight is 430 g/mol. The first-order valence-electron chi connectivity index (χ1n) is 9.34. The summed E-state index contributed by atoms with van der Waals surface area (Å²) < 4.78 is 6.48. The van der Waals surface area contributed by atoms with Gasteiger partial charge in [0.05, 0.1) is 6.61 Å². The van der Waals surface area contributed by atoms with Gasteiger partial charge in [0, 0.05) is 29.5 Å². The summed E-state index contributed by atoms with van der Waals surface area (Å²) in [5, 5.41) is 0. The van der Waals surface area contributed by atoms with Crippen LogP contribution in [-0.2, 0) is 22.7 Å². The van der Waals surface area contributed by atoms with Crippen molar-refractivity contribution in [2.75, 3.05) is 13.2 Å². The summed E-state index contributed by atoms with van der Waals surface area (Å²) in [5.41, 5.74) is 2.97. The van der Waals surface area contributed by atoms with Gasteiger partial charge in [0.25, 0.3) is 5.91 Å². The van der Waals surface area contributed by atoms with Crippen molar-refractivity contribution in [3.8, 4) is 0 Å². The monoisotopic (exact) mass is 429 g/mol. The molecule has 0 fully saturated rings. The summed E-state index contributed by atoms with van der Waals surface area (Å²) in [4.78, 5) is 26.1. The molecule has 27 heavy (non-hydrogen) atoms. The lowest BCUT2D eigenvalue weighted by Gasteiger charge is -2.15. The molecule has 142 valence electrons. The lowest BCUT2D eigenvalue weighted by atomic mass is 10.1. The zero-order chi connectivity index (χ0) is 19.1. The Hall–Kier alpha value is -1.98. The molecule has 0 aromatic heterocycles. The first-order chi connectivity index (χ1) is 13.1. The van der Waals surface area contributed by atoms with E-state index in [1.807, 2.05) is 53.4 Å². The van der Waals surface area contributed by atoms with Crippen molar-refractivity contribution in [1.29, 1.82) is 0 Å². The van der Waals surface area contributed by atoms with E-state index in [0.29, 0.717) is 19.6 Å². The number of nitrogens with zero attached hydrogens (tertiary/aromatic N) is 1. The minimum absolute atomic E-state index is 0.114. The van der Waals surface area contributed by atoms with Gasteiger partial charge in [-0.1, -0.05) is 52.7 Å². The van der Waals surface area contributed by atoms with Crippen LogP contribution in [-0.4, -0.2) is 29.7 Å². The van der Waals surface area contributed by atoms with Gasteiger partial charge in [-0.05, 0) is 42.2 Å². The summed E-state index contributed by atoms with van der Waals surface area (Å²) in [7, 11) is 0. The SMILES string of the molecule is O=C(CCCCCN1Cc2cc(Br)ccc2C1=O)COCc1ccccc1. The number of hydrogen-bond acceptors (Lipinski definition) is 3. The Morgan fingerprint density at radius 3 is 2.70 bits per heavy atom. The molecule has 0 spiro atoms. The van der Waals surface area contributed by atoms with Crippen molar-refractivity contribution in [3.63, 3.8) is 0 Å². The molecule has 0 N–H and O–H groups in total. The molecular formula is C22H24BrNO3. The fourth-order valence-corrected chi connectivity index (χ4v) is 3.67. The number of amides is 1. The number of carbonyl (C=O) groups excluding carboxylic acids is 2. The zero-order valence-electron chi connectivity index (χ0n) is 15.3. The summed E-state index contributed by atoms with van der Waals surface area (Å²) >= 11 is 3.45. The number of unbranched alkanes of at least 4 members (excludes halogenated alkanes) is 2. The number of ether oxygens (including phenoxy) is 1. The third-order valence-corrected chi connectivity index (χ3v) is 5.20. The van der Waals surface area contributed by atoms with Crippen LogP contribution in [0.1, 0.15) is 47.2 Å². The number of carbonyl (C=O) groups is 2. The van der Waals surface area contributed by atoms with Crippen molar-refractivity contribution in [1.82, 2.24) is 4.90 Å². The number of rotatable bonds is 10. The van der Waals surface area contributed by atoms with E-state index < -0.39 is 0 Å². The number of fused-ring (bicyclic) bond motifs is 1. The van der Waals surface area contributed by atoms with Crippen LogP contribution < -0.4 is 0 Å². The second-order valence-corrected chi connectivity index (χ2v) is 7.77. The molecule has 1 aliphatic rings. The maximum absolute atomic E-state index is 12.4. The van der Waals surface area contributed by atoms with Crippen molar-refractivity contribution < 1.29 is 14.3 Å². The van der Waals surface area contributed by atoms with Crippen LogP contribution >= 0.6 is 15.9 Å². The summed E-state index contributed by atoms with van der Waals surface area (Å²) in [5.74, 6) is 0.253. The van der Waals surface area contributed by atoms with Crippen molar-refractivity contribution in [3.05, 3.63) is 69.7 Å². The van der Waals surface area contributed by atoms with Crippen LogP contribution in [0.25, 0.3) is 0 Å². The smallest absolute Gasteiger partial charge is 0.254 e. The highest BCUT2D eigenvalue weighted by atomic mass is 79.9. The van der Waals surface area contributed by atoms with Crippen LogP contribution in [0.2, 0.25) is 0 Å². The molecular weight excluding hydrogens is 406 g/mol. The molecule has 0 bridgehead atoms. The largest absolute Gasteiger partial charge is 0.369 e. The van der Waals surface area contributed by atoms with Crippen LogP contribution in [0.15, 0.2) is 53.0 Å². The van der Waals surface area contributed by atoms with E-state index in [2.05, 4.69) is 15.9 Å². The van der Waals surface area contributed by atoms with Gasteiger partial charge in [0.15, 0.2) is 5.78 Å².